The summed E-state index contributed by atoms with van der Waals surface area (Å²) in [5.74, 6) is 0.451. The highest BCUT2D eigenvalue weighted by Crippen LogP contribution is 2.29. The molecule has 0 saturated heterocycles. The molecular formula is C14H13BrN2O2. The van der Waals surface area contributed by atoms with Crippen molar-refractivity contribution in [2.45, 2.75) is 6.92 Å². The average molecular weight is 321 g/mol. The second-order valence-corrected chi connectivity index (χ2v) is 4.99. The molecule has 0 heterocycles. The minimum atomic E-state index is -0.573. The number of nitrogen functional groups attached to an aromatic ring is 1. The van der Waals surface area contributed by atoms with Crippen LogP contribution in [0.3, 0.4) is 0 Å². The van der Waals surface area contributed by atoms with Gasteiger partial charge in [0.1, 0.15) is 11.5 Å². The summed E-state index contributed by atoms with van der Waals surface area (Å²) >= 11 is 3.42. The molecule has 1 amide bonds. The van der Waals surface area contributed by atoms with Crippen molar-refractivity contribution in [3.63, 3.8) is 0 Å². The minimum absolute atomic E-state index is 0.264. The molecule has 0 saturated carbocycles. The molecule has 0 bridgehead atoms. The van der Waals surface area contributed by atoms with Gasteiger partial charge in [0.25, 0.3) is 5.91 Å². The number of amides is 1. The molecule has 2 aromatic rings. The van der Waals surface area contributed by atoms with Crippen molar-refractivity contribution in [3.8, 4) is 11.5 Å². The van der Waals surface area contributed by atoms with Gasteiger partial charge in [-0.3, -0.25) is 4.79 Å². The Morgan fingerprint density at radius 1 is 1.21 bits per heavy atom. The standard InChI is InChI=1S/C14H13BrN2O2/c1-8-6-10(3-4-12(8)15)19-13-5-2-9(16)7-11(13)14(17)18/h2-7H,16H2,1H3,(H2,17,18). The summed E-state index contributed by atoms with van der Waals surface area (Å²) < 4.78 is 6.68. The zero-order valence-electron chi connectivity index (χ0n) is 10.3. The number of hydrogen-bond donors (Lipinski definition) is 2. The molecule has 0 radical (unpaired) electrons. The van der Waals surface area contributed by atoms with Crippen LogP contribution in [0.15, 0.2) is 40.9 Å². The van der Waals surface area contributed by atoms with E-state index in [1.165, 1.54) is 6.07 Å². The van der Waals surface area contributed by atoms with Crippen LogP contribution in [0, 0.1) is 6.92 Å². The summed E-state index contributed by atoms with van der Waals surface area (Å²) in [7, 11) is 0. The fourth-order valence-electron chi connectivity index (χ4n) is 1.64. The lowest BCUT2D eigenvalue weighted by Gasteiger charge is -2.11. The smallest absolute Gasteiger partial charge is 0.252 e. The van der Waals surface area contributed by atoms with Gasteiger partial charge >= 0.3 is 0 Å². The molecule has 0 atom stereocenters. The maximum Gasteiger partial charge on any atom is 0.252 e. The van der Waals surface area contributed by atoms with E-state index in [2.05, 4.69) is 15.9 Å². The first-order valence-corrected chi connectivity index (χ1v) is 6.40. The van der Waals surface area contributed by atoms with E-state index in [4.69, 9.17) is 16.2 Å². The molecule has 0 spiro atoms. The second-order valence-electron chi connectivity index (χ2n) is 4.13. The van der Waals surface area contributed by atoms with Crippen LogP contribution in [-0.4, -0.2) is 5.91 Å². The molecule has 0 aliphatic carbocycles. The zero-order valence-corrected chi connectivity index (χ0v) is 11.9. The normalized spacial score (nSPS) is 10.2. The van der Waals surface area contributed by atoms with E-state index in [0.29, 0.717) is 17.2 Å². The van der Waals surface area contributed by atoms with Crippen LogP contribution in [-0.2, 0) is 0 Å². The summed E-state index contributed by atoms with van der Waals surface area (Å²) in [4.78, 5) is 11.4. The summed E-state index contributed by atoms with van der Waals surface area (Å²) in [5, 5.41) is 0. The summed E-state index contributed by atoms with van der Waals surface area (Å²) in [5.41, 5.74) is 12.7. The molecule has 2 aromatic carbocycles. The van der Waals surface area contributed by atoms with Crippen molar-refractivity contribution >= 4 is 27.5 Å². The number of hydrogen-bond acceptors (Lipinski definition) is 3. The lowest BCUT2D eigenvalue weighted by Crippen LogP contribution is -2.12. The highest BCUT2D eigenvalue weighted by Gasteiger charge is 2.11. The maximum absolute atomic E-state index is 11.4. The molecule has 4 N–H and O–H groups in total. The van der Waals surface area contributed by atoms with Gasteiger partial charge in [0.2, 0.25) is 0 Å². The lowest BCUT2D eigenvalue weighted by atomic mass is 10.1. The predicted octanol–water partition coefficient (Wildman–Crippen LogP) is 3.23. The zero-order chi connectivity index (χ0) is 14.0. The highest BCUT2D eigenvalue weighted by atomic mass is 79.9. The van der Waals surface area contributed by atoms with Crippen LogP contribution < -0.4 is 16.2 Å². The summed E-state index contributed by atoms with van der Waals surface area (Å²) in [6.45, 7) is 1.95. The van der Waals surface area contributed by atoms with Crippen molar-refractivity contribution in [1.29, 1.82) is 0 Å². The van der Waals surface area contributed by atoms with Crippen LogP contribution >= 0.6 is 15.9 Å². The van der Waals surface area contributed by atoms with Crippen molar-refractivity contribution in [1.82, 2.24) is 0 Å². The molecule has 2 rings (SSSR count). The minimum Gasteiger partial charge on any atom is -0.457 e. The number of ether oxygens (including phenoxy) is 1. The van der Waals surface area contributed by atoms with Gasteiger partial charge in [0, 0.05) is 10.2 Å². The molecule has 98 valence electrons. The number of nitrogens with two attached hydrogens (primary N) is 2. The van der Waals surface area contributed by atoms with Crippen LogP contribution in [0.1, 0.15) is 15.9 Å². The number of aryl methyl sites for hydroxylation is 1. The highest BCUT2D eigenvalue weighted by molar-refractivity contribution is 9.10. The van der Waals surface area contributed by atoms with Crippen LogP contribution in [0.2, 0.25) is 0 Å². The van der Waals surface area contributed by atoms with E-state index < -0.39 is 5.91 Å². The number of benzene rings is 2. The van der Waals surface area contributed by atoms with E-state index >= 15 is 0 Å². The van der Waals surface area contributed by atoms with Crippen molar-refractivity contribution in [3.05, 3.63) is 52.0 Å². The fourth-order valence-corrected chi connectivity index (χ4v) is 1.88. The Morgan fingerprint density at radius 3 is 2.58 bits per heavy atom. The molecule has 5 heteroatoms. The summed E-state index contributed by atoms with van der Waals surface area (Å²) in [6.07, 6.45) is 0. The molecule has 4 nitrogen and oxygen atoms in total. The van der Waals surface area contributed by atoms with Gasteiger partial charge in [0.05, 0.1) is 5.56 Å². The molecule has 0 aliphatic rings. The van der Waals surface area contributed by atoms with Gasteiger partial charge in [-0.15, -0.1) is 0 Å². The molecular weight excluding hydrogens is 308 g/mol. The summed E-state index contributed by atoms with van der Waals surface area (Å²) in [6, 6.07) is 10.3. The number of halogens is 1. The van der Waals surface area contributed by atoms with Gasteiger partial charge in [-0.2, -0.15) is 0 Å². The number of rotatable bonds is 3. The third-order valence-corrected chi connectivity index (χ3v) is 3.52. The first kappa shape index (κ1) is 13.4. The van der Waals surface area contributed by atoms with E-state index in [1.807, 2.05) is 19.1 Å². The third kappa shape index (κ3) is 3.06. The Bertz CT molecular complexity index is 641. The van der Waals surface area contributed by atoms with Crippen LogP contribution in [0.25, 0.3) is 0 Å². The van der Waals surface area contributed by atoms with Gasteiger partial charge in [-0.25, -0.2) is 0 Å². The Hall–Kier alpha value is -2.01. The van der Waals surface area contributed by atoms with Gasteiger partial charge in [-0.05, 0) is 48.9 Å². The third-order valence-electron chi connectivity index (χ3n) is 2.63. The molecule has 19 heavy (non-hydrogen) atoms. The number of primary amides is 1. The number of carbonyl (C=O) groups excluding carboxylic acids is 1. The van der Waals surface area contributed by atoms with Crippen LogP contribution in [0.5, 0.6) is 11.5 Å². The van der Waals surface area contributed by atoms with E-state index in [0.717, 1.165) is 10.0 Å². The number of anilines is 1. The molecule has 0 unspecified atom stereocenters. The Kier molecular flexibility index (Phi) is 3.76. The Balaban J connectivity index is 2.37. The quantitative estimate of drug-likeness (QED) is 0.852. The van der Waals surface area contributed by atoms with E-state index in [-0.39, 0.29) is 5.56 Å². The first-order chi connectivity index (χ1) is 8.97. The van der Waals surface area contributed by atoms with Gasteiger partial charge in [-0.1, -0.05) is 15.9 Å². The predicted molar refractivity (Wildman–Crippen MR) is 78.3 cm³/mol. The SMILES string of the molecule is Cc1cc(Oc2ccc(N)cc2C(N)=O)ccc1Br. The second kappa shape index (κ2) is 5.32. The molecule has 0 aliphatic heterocycles. The van der Waals surface area contributed by atoms with E-state index in [9.17, 15) is 4.79 Å². The van der Waals surface area contributed by atoms with Crippen molar-refractivity contribution in [2.75, 3.05) is 5.73 Å². The molecule has 0 fully saturated rings. The van der Waals surface area contributed by atoms with Gasteiger partial charge < -0.3 is 16.2 Å². The average Bonchev–Trinajstić information content (AvgIpc) is 2.36. The maximum atomic E-state index is 11.4. The molecule has 0 aromatic heterocycles. The lowest BCUT2D eigenvalue weighted by molar-refractivity contribution is 0.0998. The number of carbonyl (C=O) groups is 1. The first-order valence-electron chi connectivity index (χ1n) is 5.60. The van der Waals surface area contributed by atoms with Crippen molar-refractivity contribution in [2.24, 2.45) is 5.73 Å². The monoisotopic (exact) mass is 320 g/mol. The topological polar surface area (TPSA) is 78.3 Å². The van der Waals surface area contributed by atoms with Crippen molar-refractivity contribution < 1.29 is 9.53 Å². The Labute approximate surface area is 119 Å². The largest absolute Gasteiger partial charge is 0.457 e. The van der Waals surface area contributed by atoms with E-state index in [1.54, 1.807) is 18.2 Å². The Morgan fingerprint density at radius 2 is 1.95 bits per heavy atom. The van der Waals surface area contributed by atoms with Gasteiger partial charge in [0.15, 0.2) is 0 Å². The fraction of sp³-hybridized carbons (Fsp3) is 0.0714. The van der Waals surface area contributed by atoms with Crippen LogP contribution in [0.4, 0.5) is 5.69 Å².